The Kier molecular flexibility index (Phi) is 8.30. The van der Waals surface area contributed by atoms with Crippen LogP contribution < -0.4 is 5.43 Å². The maximum Gasteiger partial charge on any atom is 0.271 e. The molecule has 0 spiro atoms. The average Bonchev–Trinajstić information content (AvgIpc) is 3.07. The lowest BCUT2D eigenvalue weighted by Gasteiger charge is -2.17. The van der Waals surface area contributed by atoms with Gasteiger partial charge in [-0.1, -0.05) is 43.7 Å². The second-order valence-electron chi connectivity index (χ2n) is 9.30. The first kappa shape index (κ1) is 26.4. The largest absolute Gasteiger partial charge is 0.348 e. The molecule has 1 N–H and O–H groups in total. The first-order valence-electron chi connectivity index (χ1n) is 11.6. The molecule has 3 aromatic rings. The minimum absolute atomic E-state index is 0.197. The number of aromatic nitrogens is 1. The van der Waals surface area contributed by atoms with Gasteiger partial charge >= 0.3 is 0 Å². The summed E-state index contributed by atoms with van der Waals surface area (Å²) in [5.41, 5.74) is 8.04. The van der Waals surface area contributed by atoms with Gasteiger partial charge in [0, 0.05) is 42.7 Å². The Morgan fingerprint density at radius 1 is 1.06 bits per heavy atom. The number of carbonyl (C=O) groups excluding carboxylic acids is 1. The van der Waals surface area contributed by atoms with Crippen molar-refractivity contribution in [2.24, 2.45) is 11.0 Å². The number of hydrogen-bond acceptors (Lipinski definition) is 4. The lowest BCUT2D eigenvalue weighted by atomic mass is 10.1. The fourth-order valence-corrected chi connectivity index (χ4v) is 4.98. The van der Waals surface area contributed by atoms with Gasteiger partial charge < -0.3 is 4.57 Å². The molecule has 7 nitrogen and oxygen atoms in total. The maximum atomic E-state index is 12.8. The molecule has 0 aliphatic heterocycles. The fourth-order valence-electron chi connectivity index (χ4n) is 3.82. The second kappa shape index (κ2) is 11.0. The highest BCUT2D eigenvalue weighted by molar-refractivity contribution is 7.89. The quantitative estimate of drug-likeness (QED) is 0.347. The van der Waals surface area contributed by atoms with Crippen LogP contribution in [0.1, 0.15) is 52.3 Å². The Bertz CT molecular complexity index is 1310. The van der Waals surface area contributed by atoms with E-state index < -0.39 is 10.0 Å². The monoisotopic (exact) mass is 494 g/mol. The molecule has 0 saturated carbocycles. The van der Waals surface area contributed by atoms with Crippen molar-refractivity contribution < 1.29 is 13.2 Å². The standard InChI is InChI=1S/C27H34N4O3S/c1-19(2)17-31-21(4)15-25(22(31)5)16-28-29-27(32)24-11-9-23(10-12-24)18-30(6)35(33,34)26-13-7-20(3)8-14-26/h7-16,19H,17-18H2,1-6H3,(H,29,32). The number of aryl methyl sites for hydroxylation is 2. The number of amides is 1. The van der Waals surface area contributed by atoms with Gasteiger partial charge in [0.25, 0.3) is 5.91 Å². The minimum atomic E-state index is -3.60. The van der Waals surface area contributed by atoms with E-state index >= 15 is 0 Å². The molecule has 186 valence electrons. The molecule has 0 unspecified atom stereocenters. The smallest absolute Gasteiger partial charge is 0.271 e. The highest BCUT2D eigenvalue weighted by Crippen LogP contribution is 2.18. The highest BCUT2D eigenvalue weighted by atomic mass is 32.2. The molecule has 0 bridgehead atoms. The average molecular weight is 495 g/mol. The molecule has 1 heterocycles. The van der Waals surface area contributed by atoms with Gasteiger partial charge in [-0.2, -0.15) is 9.41 Å². The van der Waals surface area contributed by atoms with Crippen molar-refractivity contribution in [1.82, 2.24) is 14.3 Å². The van der Waals surface area contributed by atoms with Crippen molar-refractivity contribution >= 4 is 22.1 Å². The molecule has 0 aliphatic rings. The molecule has 8 heteroatoms. The number of nitrogens with one attached hydrogen (secondary N) is 1. The van der Waals surface area contributed by atoms with Crippen LogP contribution in [0.3, 0.4) is 0 Å². The van der Waals surface area contributed by atoms with E-state index in [0.29, 0.717) is 11.5 Å². The van der Waals surface area contributed by atoms with Crippen molar-refractivity contribution in [3.05, 3.63) is 88.2 Å². The Morgan fingerprint density at radius 3 is 2.29 bits per heavy atom. The lowest BCUT2D eigenvalue weighted by Crippen LogP contribution is -2.26. The van der Waals surface area contributed by atoms with Crippen LogP contribution in [0.2, 0.25) is 0 Å². The van der Waals surface area contributed by atoms with Crippen LogP contribution in [-0.2, 0) is 23.1 Å². The van der Waals surface area contributed by atoms with Gasteiger partial charge in [-0.05, 0) is 62.6 Å². The van der Waals surface area contributed by atoms with Gasteiger partial charge in [0.15, 0.2) is 0 Å². The molecular weight excluding hydrogens is 460 g/mol. The Labute approximate surface area is 208 Å². The van der Waals surface area contributed by atoms with Crippen molar-refractivity contribution in [3.8, 4) is 0 Å². The zero-order valence-electron chi connectivity index (χ0n) is 21.2. The third-order valence-electron chi connectivity index (χ3n) is 5.88. The molecule has 35 heavy (non-hydrogen) atoms. The normalized spacial score (nSPS) is 12.1. The van der Waals surface area contributed by atoms with Crippen LogP contribution in [-0.4, -0.2) is 36.5 Å². The summed E-state index contributed by atoms with van der Waals surface area (Å²) in [7, 11) is -2.05. The summed E-state index contributed by atoms with van der Waals surface area (Å²) < 4.78 is 29.2. The molecule has 1 amide bonds. The van der Waals surface area contributed by atoms with Gasteiger partial charge in [0.1, 0.15) is 0 Å². The molecule has 3 rings (SSSR count). The van der Waals surface area contributed by atoms with E-state index in [0.717, 1.165) is 34.6 Å². The first-order chi connectivity index (χ1) is 16.5. The Morgan fingerprint density at radius 2 is 1.69 bits per heavy atom. The van der Waals surface area contributed by atoms with Gasteiger partial charge in [-0.25, -0.2) is 13.8 Å². The third kappa shape index (κ3) is 6.46. The van der Waals surface area contributed by atoms with E-state index in [-0.39, 0.29) is 17.3 Å². The predicted molar refractivity (Wildman–Crippen MR) is 140 cm³/mol. The van der Waals surface area contributed by atoms with Gasteiger partial charge in [-0.15, -0.1) is 0 Å². The highest BCUT2D eigenvalue weighted by Gasteiger charge is 2.20. The summed E-state index contributed by atoms with van der Waals surface area (Å²) in [4.78, 5) is 12.8. The van der Waals surface area contributed by atoms with E-state index in [1.54, 1.807) is 61.8 Å². The van der Waals surface area contributed by atoms with Gasteiger partial charge in [0.05, 0.1) is 11.1 Å². The number of carbonyl (C=O) groups is 1. The van der Waals surface area contributed by atoms with Crippen molar-refractivity contribution in [1.29, 1.82) is 0 Å². The number of hydrogen-bond donors (Lipinski definition) is 1. The first-order valence-corrected chi connectivity index (χ1v) is 13.0. The van der Waals surface area contributed by atoms with E-state index in [1.807, 2.05) is 13.8 Å². The van der Waals surface area contributed by atoms with Gasteiger partial charge in [-0.3, -0.25) is 4.79 Å². The molecule has 0 fully saturated rings. The van der Waals surface area contributed by atoms with Crippen LogP contribution in [0, 0.1) is 26.7 Å². The lowest BCUT2D eigenvalue weighted by molar-refractivity contribution is 0.0955. The van der Waals surface area contributed by atoms with Crippen molar-refractivity contribution in [2.45, 2.75) is 52.6 Å². The summed E-state index contributed by atoms with van der Waals surface area (Å²) in [5, 5.41) is 4.13. The number of rotatable bonds is 9. The van der Waals surface area contributed by atoms with Gasteiger partial charge in [0.2, 0.25) is 10.0 Å². The summed E-state index contributed by atoms with van der Waals surface area (Å²) in [6.07, 6.45) is 1.66. The summed E-state index contributed by atoms with van der Waals surface area (Å²) >= 11 is 0. The van der Waals surface area contributed by atoms with E-state index in [9.17, 15) is 13.2 Å². The predicted octanol–water partition coefficient (Wildman–Crippen LogP) is 4.65. The van der Waals surface area contributed by atoms with Crippen LogP contribution in [0.5, 0.6) is 0 Å². The van der Waals surface area contributed by atoms with E-state index in [1.165, 1.54) is 4.31 Å². The zero-order chi connectivity index (χ0) is 25.8. The number of sulfonamides is 1. The van der Waals surface area contributed by atoms with Crippen LogP contribution in [0.15, 0.2) is 64.6 Å². The fraction of sp³-hybridized carbons (Fsp3) is 0.333. The number of hydrazone groups is 1. The molecule has 0 atom stereocenters. The SMILES string of the molecule is Cc1ccc(S(=O)(=O)N(C)Cc2ccc(C(=O)NN=Cc3cc(C)n(CC(C)C)c3C)cc2)cc1. The molecule has 0 radical (unpaired) electrons. The number of benzene rings is 2. The maximum absolute atomic E-state index is 12.8. The summed E-state index contributed by atoms with van der Waals surface area (Å²) in [6, 6.07) is 15.7. The topological polar surface area (TPSA) is 83.8 Å². The Balaban J connectivity index is 1.61. The molecule has 1 aromatic heterocycles. The summed E-state index contributed by atoms with van der Waals surface area (Å²) in [6.45, 7) is 11.5. The molecular formula is C27H34N4O3S. The van der Waals surface area contributed by atoms with Crippen LogP contribution >= 0.6 is 0 Å². The minimum Gasteiger partial charge on any atom is -0.348 e. The van der Waals surface area contributed by atoms with Crippen LogP contribution in [0.25, 0.3) is 0 Å². The van der Waals surface area contributed by atoms with Crippen LogP contribution in [0.4, 0.5) is 0 Å². The third-order valence-corrected chi connectivity index (χ3v) is 7.70. The number of nitrogens with zero attached hydrogens (tertiary/aromatic N) is 3. The molecule has 2 aromatic carbocycles. The molecule has 0 aliphatic carbocycles. The van der Waals surface area contributed by atoms with E-state index in [4.69, 9.17) is 0 Å². The summed E-state index contributed by atoms with van der Waals surface area (Å²) in [5.74, 6) is 0.208. The Hall–Kier alpha value is -3.23. The van der Waals surface area contributed by atoms with E-state index in [2.05, 4.69) is 41.9 Å². The van der Waals surface area contributed by atoms with Crippen molar-refractivity contribution in [3.63, 3.8) is 0 Å². The zero-order valence-corrected chi connectivity index (χ0v) is 22.1. The second-order valence-corrected chi connectivity index (χ2v) is 11.3. The molecule has 0 saturated heterocycles. The van der Waals surface area contributed by atoms with Crippen molar-refractivity contribution in [2.75, 3.05) is 7.05 Å².